The maximum atomic E-state index is 3.66. The highest BCUT2D eigenvalue weighted by Crippen LogP contribution is 2.85. The fourth-order valence-corrected chi connectivity index (χ4v) is 9.95. The topological polar surface area (TPSA) is 12.0 Å². The first-order chi connectivity index (χ1) is 12.0. The van der Waals surface area contributed by atoms with Gasteiger partial charge in [-0.05, 0) is 111 Å². The first kappa shape index (κ1) is 17.1. The summed E-state index contributed by atoms with van der Waals surface area (Å²) < 4.78 is 0. The average molecular weight is 344 g/mol. The van der Waals surface area contributed by atoms with Gasteiger partial charge in [-0.2, -0.15) is 0 Å². The Hall–Kier alpha value is -0.0400. The minimum atomic E-state index is 0.688. The molecule has 0 amide bonds. The summed E-state index contributed by atoms with van der Waals surface area (Å²) in [6.07, 6.45) is 16.9. The van der Waals surface area contributed by atoms with E-state index in [0.29, 0.717) is 5.41 Å². The third kappa shape index (κ3) is 1.95. The minimum Gasteiger partial charge on any atom is -0.317 e. The van der Waals surface area contributed by atoms with Gasteiger partial charge in [0.05, 0.1) is 0 Å². The van der Waals surface area contributed by atoms with E-state index >= 15 is 0 Å². The predicted octanol–water partition coefficient (Wildman–Crippen LogP) is 6.03. The van der Waals surface area contributed by atoms with Crippen molar-refractivity contribution in [3.8, 4) is 0 Å². The van der Waals surface area contributed by atoms with Crippen molar-refractivity contribution >= 4 is 0 Å². The van der Waals surface area contributed by atoms with E-state index in [-0.39, 0.29) is 0 Å². The Kier molecular flexibility index (Phi) is 3.75. The first-order valence-electron chi connectivity index (χ1n) is 11.7. The van der Waals surface area contributed by atoms with Gasteiger partial charge in [0.1, 0.15) is 0 Å². The van der Waals surface area contributed by atoms with Crippen molar-refractivity contribution in [2.75, 3.05) is 7.05 Å². The Balaban J connectivity index is 1.46. The lowest BCUT2D eigenvalue weighted by Gasteiger charge is -2.61. The van der Waals surface area contributed by atoms with Gasteiger partial charge in [-0.3, -0.25) is 0 Å². The van der Waals surface area contributed by atoms with Crippen molar-refractivity contribution < 1.29 is 0 Å². The Morgan fingerprint density at radius 3 is 2.40 bits per heavy atom. The Morgan fingerprint density at radius 1 is 0.880 bits per heavy atom. The lowest BCUT2D eigenvalue weighted by Crippen LogP contribution is -2.55. The molecular formula is C24H41N. The van der Waals surface area contributed by atoms with Gasteiger partial charge >= 0.3 is 0 Å². The van der Waals surface area contributed by atoms with Gasteiger partial charge < -0.3 is 5.32 Å². The lowest BCUT2D eigenvalue weighted by atomic mass is 9.44. The van der Waals surface area contributed by atoms with E-state index in [2.05, 4.69) is 33.1 Å². The standard InChI is InChI=1S/C24H41N/c1-5-17-7-6-8-19-20-10-9-18-16(2)21(25-4)11-12-23(18)15-24(20,23)14-13-22(17,19)3/h16-21,25H,5-15H2,1-4H3. The average Bonchev–Trinajstić information content (AvgIpc) is 3.28. The van der Waals surface area contributed by atoms with Crippen molar-refractivity contribution in [2.24, 2.45) is 45.8 Å². The zero-order valence-electron chi connectivity index (χ0n) is 17.2. The second-order valence-electron chi connectivity index (χ2n) is 11.2. The minimum absolute atomic E-state index is 0.688. The first-order valence-corrected chi connectivity index (χ1v) is 11.7. The van der Waals surface area contributed by atoms with Gasteiger partial charge in [0.25, 0.3) is 0 Å². The van der Waals surface area contributed by atoms with Crippen LogP contribution in [0.25, 0.3) is 0 Å². The van der Waals surface area contributed by atoms with Crippen molar-refractivity contribution in [2.45, 2.75) is 97.4 Å². The SMILES string of the molecule is CCC1CCCC2C3CCC4C(C)C(NC)CCC45CC35CCC12C. The van der Waals surface area contributed by atoms with Crippen molar-refractivity contribution in [3.63, 3.8) is 0 Å². The predicted molar refractivity (Wildman–Crippen MR) is 105 cm³/mol. The van der Waals surface area contributed by atoms with Gasteiger partial charge in [0, 0.05) is 6.04 Å². The second-order valence-corrected chi connectivity index (χ2v) is 11.2. The van der Waals surface area contributed by atoms with Crippen LogP contribution in [0.15, 0.2) is 0 Å². The molecule has 0 aromatic heterocycles. The van der Waals surface area contributed by atoms with Crippen LogP contribution in [0.3, 0.4) is 0 Å². The molecule has 9 atom stereocenters. The fraction of sp³-hybridized carbons (Fsp3) is 1.00. The summed E-state index contributed by atoms with van der Waals surface area (Å²) in [6.45, 7) is 7.78. The molecule has 0 saturated heterocycles. The molecule has 1 nitrogen and oxygen atoms in total. The van der Waals surface area contributed by atoms with Gasteiger partial charge in [-0.25, -0.2) is 0 Å². The van der Waals surface area contributed by atoms with E-state index in [1.165, 1.54) is 25.7 Å². The van der Waals surface area contributed by atoms with Gasteiger partial charge in [-0.15, -0.1) is 0 Å². The molecule has 142 valence electrons. The van der Waals surface area contributed by atoms with E-state index in [4.69, 9.17) is 0 Å². The van der Waals surface area contributed by atoms with Gasteiger partial charge in [0.2, 0.25) is 0 Å². The number of hydrogen-bond acceptors (Lipinski definition) is 1. The van der Waals surface area contributed by atoms with Crippen LogP contribution in [0.1, 0.15) is 91.4 Å². The van der Waals surface area contributed by atoms with Crippen LogP contribution in [-0.2, 0) is 0 Å². The molecule has 5 rings (SSSR count). The molecule has 5 fully saturated rings. The third-order valence-electron chi connectivity index (χ3n) is 11.2. The Morgan fingerprint density at radius 2 is 1.64 bits per heavy atom. The van der Waals surface area contributed by atoms with Crippen molar-refractivity contribution in [1.82, 2.24) is 5.32 Å². The maximum absolute atomic E-state index is 3.66. The summed E-state index contributed by atoms with van der Waals surface area (Å²) in [5.74, 6) is 5.12. The van der Waals surface area contributed by atoms with E-state index < -0.39 is 0 Å². The highest BCUT2D eigenvalue weighted by Gasteiger charge is 2.78. The van der Waals surface area contributed by atoms with Crippen LogP contribution < -0.4 is 5.32 Å². The molecule has 0 radical (unpaired) electrons. The van der Waals surface area contributed by atoms with Gasteiger partial charge in [-0.1, -0.05) is 33.6 Å². The highest BCUT2D eigenvalue weighted by molar-refractivity contribution is 5.27. The molecule has 2 spiro atoms. The van der Waals surface area contributed by atoms with Crippen LogP contribution in [-0.4, -0.2) is 13.1 Å². The number of hydrogen-bond donors (Lipinski definition) is 1. The molecule has 9 unspecified atom stereocenters. The molecule has 5 saturated carbocycles. The monoisotopic (exact) mass is 343 g/mol. The number of rotatable bonds is 2. The molecular weight excluding hydrogens is 302 g/mol. The molecule has 25 heavy (non-hydrogen) atoms. The molecule has 0 heterocycles. The summed E-state index contributed by atoms with van der Waals surface area (Å²) in [5.41, 5.74) is 2.26. The zero-order chi connectivity index (χ0) is 17.4. The van der Waals surface area contributed by atoms with Crippen molar-refractivity contribution in [3.05, 3.63) is 0 Å². The number of fused-ring (bicyclic) bond motifs is 2. The smallest absolute Gasteiger partial charge is 0.00927 e. The second kappa shape index (κ2) is 5.49. The van der Waals surface area contributed by atoms with Gasteiger partial charge in [0.15, 0.2) is 0 Å². The summed E-state index contributed by atoms with van der Waals surface area (Å²) in [5, 5.41) is 3.66. The van der Waals surface area contributed by atoms with Crippen LogP contribution in [0.2, 0.25) is 0 Å². The highest BCUT2D eigenvalue weighted by atomic mass is 14.9. The van der Waals surface area contributed by atoms with Crippen molar-refractivity contribution in [1.29, 1.82) is 0 Å². The summed E-state index contributed by atoms with van der Waals surface area (Å²) in [4.78, 5) is 0. The van der Waals surface area contributed by atoms with E-state index in [1.54, 1.807) is 44.9 Å². The number of nitrogens with one attached hydrogen (secondary N) is 1. The molecule has 0 aromatic carbocycles. The molecule has 0 aromatic rings. The van der Waals surface area contributed by atoms with Crippen LogP contribution >= 0.6 is 0 Å². The summed E-state index contributed by atoms with van der Waals surface area (Å²) in [7, 11) is 2.20. The molecule has 0 aliphatic heterocycles. The Labute approximate surface area is 156 Å². The third-order valence-corrected chi connectivity index (χ3v) is 11.2. The van der Waals surface area contributed by atoms with E-state index in [9.17, 15) is 0 Å². The fourth-order valence-electron chi connectivity index (χ4n) is 9.95. The lowest BCUT2D eigenvalue weighted by molar-refractivity contribution is -0.118. The zero-order valence-corrected chi connectivity index (χ0v) is 17.2. The molecule has 5 aliphatic rings. The summed E-state index contributed by atoms with van der Waals surface area (Å²) in [6, 6.07) is 0.790. The van der Waals surface area contributed by atoms with E-state index in [1.807, 2.05) is 0 Å². The Bertz CT molecular complexity index is 542. The van der Waals surface area contributed by atoms with Crippen LogP contribution in [0, 0.1) is 45.8 Å². The largest absolute Gasteiger partial charge is 0.317 e. The molecule has 0 bridgehead atoms. The molecule has 1 heteroatoms. The molecule has 5 aliphatic carbocycles. The summed E-state index contributed by atoms with van der Waals surface area (Å²) >= 11 is 0. The van der Waals surface area contributed by atoms with Crippen LogP contribution in [0.4, 0.5) is 0 Å². The quantitative estimate of drug-likeness (QED) is 0.645. The van der Waals surface area contributed by atoms with Crippen LogP contribution in [0.5, 0.6) is 0 Å². The normalized spacial score (nSPS) is 60.0. The van der Waals surface area contributed by atoms with E-state index in [0.717, 1.165) is 46.5 Å². The maximum Gasteiger partial charge on any atom is 0.00927 e. The molecule has 1 N–H and O–H groups in total.